The number of nitrogens with zero attached hydrogens (tertiary/aromatic N) is 3. The van der Waals surface area contributed by atoms with Crippen molar-refractivity contribution in [2.45, 2.75) is 13.5 Å². The molecule has 0 aromatic carbocycles. The highest BCUT2D eigenvalue weighted by molar-refractivity contribution is 5.76. The summed E-state index contributed by atoms with van der Waals surface area (Å²) in [6.45, 7) is 1.69. The van der Waals surface area contributed by atoms with E-state index in [1.807, 2.05) is 0 Å². The number of nitro groups is 1. The molecule has 0 aliphatic heterocycles. The number of terminal acetylenes is 1. The van der Waals surface area contributed by atoms with Crippen molar-refractivity contribution in [1.82, 2.24) is 14.9 Å². The highest BCUT2D eigenvalue weighted by atomic mass is 16.6. The van der Waals surface area contributed by atoms with Gasteiger partial charge in [-0.15, -0.1) is 6.42 Å². The number of carbonyl (C=O) groups is 1. The maximum Gasteiger partial charge on any atom is 0.381 e. The third-order valence-corrected chi connectivity index (χ3v) is 1.85. The summed E-state index contributed by atoms with van der Waals surface area (Å²) in [6.07, 6.45) is 6.18. The molecule has 0 saturated heterocycles. The lowest BCUT2D eigenvalue weighted by Gasteiger charge is -2.01. The third-order valence-electron chi connectivity index (χ3n) is 1.85. The van der Waals surface area contributed by atoms with Crippen molar-refractivity contribution < 1.29 is 9.72 Å². The monoisotopic (exact) mass is 222 g/mol. The SMILES string of the molecule is C#CCNC(=O)Cn1cc([N+](=O)[O-])nc1C. The molecule has 84 valence electrons. The molecule has 0 saturated carbocycles. The van der Waals surface area contributed by atoms with Crippen LogP contribution in [0.2, 0.25) is 0 Å². The molecule has 0 bridgehead atoms. The predicted molar refractivity (Wildman–Crippen MR) is 55.5 cm³/mol. The molecule has 0 aliphatic carbocycles. The molecule has 0 fully saturated rings. The zero-order valence-electron chi connectivity index (χ0n) is 8.64. The predicted octanol–water partition coefficient (Wildman–Crippen LogP) is -0.151. The van der Waals surface area contributed by atoms with Gasteiger partial charge in [-0.1, -0.05) is 5.92 Å². The lowest BCUT2D eigenvalue weighted by molar-refractivity contribution is -0.389. The number of aromatic nitrogens is 2. The molecule has 0 atom stereocenters. The van der Waals surface area contributed by atoms with E-state index in [0.29, 0.717) is 5.82 Å². The van der Waals surface area contributed by atoms with Crippen molar-refractivity contribution in [1.29, 1.82) is 0 Å². The van der Waals surface area contributed by atoms with Gasteiger partial charge in [-0.25, -0.2) is 0 Å². The van der Waals surface area contributed by atoms with E-state index in [0.717, 1.165) is 0 Å². The van der Waals surface area contributed by atoms with Gasteiger partial charge in [0.1, 0.15) is 12.7 Å². The van der Waals surface area contributed by atoms with Gasteiger partial charge < -0.3 is 15.4 Å². The van der Waals surface area contributed by atoms with E-state index < -0.39 is 4.92 Å². The number of rotatable bonds is 4. The minimum absolute atomic E-state index is 0.0334. The Morgan fingerprint density at radius 1 is 1.81 bits per heavy atom. The Labute approximate surface area is 91.6 Å². The first-order valence-electron chi connectivity index (χ1n) is 4.43. The molecule has 1 rings (SSSR count). The number of carbonyl (C=O) groups excluding carboxylic acids is 1. The molecule has 1 aromatic heterocycles. The Morgan fingerprint density at radius 2 is 2.50 bits per heavy atom. The minimum Gasteiger partial charge on any atom is -0.358 e. The maximum absolute atomic E-state index is 11.3. The van der Waals surface area contributed by atoms with Gasteiger partial charge in [0.2, 0.25) is 11.7 Å². The molecule has 7 nitrogen and oxygen atoms in total. The summed E-state index contributed by atoms with van der Waals surface area (Å²) >= 11 is 0. The first-order chi connectivity index (χ1) is 7.54. The van der Waals surface area contributed by atoms with Gasteiger partial charge in [0, 0.05) is 6.92 Å². The van der Waals surface area contributed by atoms with Crippen LogP contribution in [0.3, 0.4) is 0 Å². The highest BCUT2D eigenvalue weighted by Gasteiger charge is 2.16. The van der Waals surface area contributed by atoms with Crippen molar-refractivity contribution in [2.24, 2.45) is 0 Å². The largest absolute Gasteiger partial charge is 0.381 e. The van der Waals surface area contributed by atoms with Gasteiger partial charge >= 0.3 is 5.82 Å². The molecule has 7 heteroatoms. The first-order valence-corrected chi connectivity index (χ1v) is 4.43. The van der Waals surface area contributed by atoms with Crippen molar-refractivity contribution >= 4 is 11.7 Å². The van der Waals surface area contributed by atoms with E-state index >= 15 is 0 Å². The van der Waals surface area contributed by atoms with Crippen molar-refractivity contribution in [2.75, 3.05) is 6.54 Å². The first kappa shape index (κ1) is 11.7. The zero-order chi connectivity index (χ0) is 12.1. The van der Waals surface area contributed by atoms with E-state index in [-0.39, 0.29) is 24.8 Å². The van der Waals surface area contributed by atoms with Gasteiger partial charge in [0.15, 0.2) is 0 Å². The normalized spacial score (nSPS) is 9.50. The lowest BCUT2D eigenvalue weighted by atomic mass is 10.5. The van der Waals surface area contributed by atoms with Crippen LogP contribution in [0.4, 0.5) is 5.82 Å². The van der Waals surface area contributed by atoms with Crippen LogP contribution in [0.1, 0.15) is 5.82 Å². The Morgan fingerprint density at radius 3 is 3.00 bits per heavy atom. The Balaban J connectivity index is 2.71. The molecule has 0 unspecified atom stereocenters. The summed E-state index contributed by atoms with van der Waals surface area (Å²) in [5.74, 6) is 2.08. The van der Waals surface area contributed by atoms with E-state index in [2.05, 4.69) is 16.2 Å². The van der Waals surface area contributed by atoms with E-state index in [4.69, 9.17) is 6.42 Å². The van der Waals surface area contributed by atoms with Crippen molar-refractivity contribution in [3.63, 3.8) is 0 Å². The fourth-order valence-corrected chi connectivity index (χ4v) is 1.10. The average molecular weight is 222 g/mol. The quantitative estimate of drug-likeness (QED) is 0.435. The van der Waals surface area contributed by atoms with Crippen molar-refractivity contribution in [3.05, 3.63) is 22.1 Å². The van der Waals surface area contributed by atoms with E-state index in [1.165, 1.54) is 10.8 Å². The van der Waals surface area contributed by atoms with E-state index in [1.54, 1.807) is 6.92 Å². The molecule has 1 heterocycles. The van der Waals surface area contributed by atoms with Crippen LogP contribution in [0.15, 0.2) is 6.20 Å². The van der Waals surface area contributed by atoms with Crippen LogP contribution in [-0.4, -0.2) is 26.9 Å². The van der Waals surface area contributed by atoms with Gasteiger partial charge in [0.05, 0.1) is 6.54 Å². The second-order valence-corrected chi connectivity index (χ2v) is 3.01. The number of hydrogen-bond donors (Lipinski definition) is 1. The molecule has 16 heavy (non-hydrogen) atoms. The Bertz CT molecular complexity index is 458. The number of amides is 1. The van der Waals surface area contributed by atoms with E-state index in [9.17, 15) is 14.9 Å². The molecular formula is C9H10N4O3. The van der Waals surface area contributed by atoms with Crippen LogP contribution in [0.5, 0.6) is 0 Å². The third kappa shape index (κ3) is 2.81. The second-order valence-electron chi connectivity index (χ2n) is 3.01. The minimum atomic E-state index is -0.608. The molecular weight excluding hydrogens is 212 g/mol. The van der Waals surface area contributed by atoms with Gasteiger partial charge in [-0.2, -0.15) is 0 Å². The van der Waals surface area contributed by atoms with Gasteiger partial charge in [0.25, 0.3) is 0 Å². The summed E-state index contributed by atoms with van der Waals surface area (Å²) in [4.78, 5) is 24.8. The van der Waals surface area contributed by atoms with Crippen LogP contribution in [0, 0.1) is 29.4 Å². The zero-order valence-corrected chi connectivity index (χ0v) is 8.64. The van der Waals surface area contributed by atoms with Crippen molar-refractivity contribution in [3.8, 4) is 12.3 Å². The van der Waals surface area contributed by atoms with Gasteiger partial charge in [-0.3, -0.25) is 9.36 Å². The maximum atomic E-state index is 11.3. The summed E-state index contributed by atoms with van der Waals surface area (Å²) in [7, 11) is 0. The lowest BCUT2D eigenvalue weighted by Crippen LogP contribution is -2.27. The van der Waals surface area contributed by atoms with Crippen LogP contribution in [-0.2, 0) is 11.3 Å². The van der Waals surface area contributed by atoms with Crippen LogP contribution >= 0.6 is 0 Å². The standard InChI is InChI=1S/C9H10N4O3/c1-3-4-10-9(14)6-12-5-8(13(15)16)11-7(12)2/h1,5H,4,6H2,2H3,(H,10,14). The fraction of sp³-hybridized carbons (Fsp3) is 0.333. The number of imidazole rings is 1. The molecule has 1 N–H and O–H groups in total. The Hall–Kier alpha value is -2.36. The summed E-state index contributed by atoms with van der Waals surface area (Å²) in [6, 6.07) is 0. The number of aryl methyl sites for hydroxylation is 1. The van der Waals surface area contributed by atoms with Crippen LogP contribution < -0.4 is 5.32 Å². The number of nitrogens with one attached hydrogen (secondary N) is 1. The molecule has 0 aliphatic rings. The Kier molecular flexibility index (Phi) is 3.61. The fourth-order valence-electron chi connectivity index (χ4n) is 1.10. The van der Waals surface area contributed by atoms with Gasteiger partial charge in [-0.05, 0) is 9.91 Å². The average Bonchev–Trinajstić information content (AvgIpc) is 2.57. The molecule has 0 radical (unpaired) electrons. The highest BCUT2D eigenvalue weighted by Crippen LogP contribution is 2.09. The smallest absolute Gasteiger partial charge is 0.358 e. The molecule has 0 spiro atoms. The molecule has 1 amide bonds. The topological polar surface area (TPSA) is 90.1 Å². The summed E-state index contributed by atoms with van der Waals surface area (Å²) in [5.41, 5.74) is 0. The summed E-state index contributed by atoms with van der Waals surface area (Å²) in [5, 5.41) is 12.9. The van der Waals surface area contributed by atoms with Crippen LogP contribution in [0.25, 0.3) is 0 Å². The second kappa shape index (κ2) is 4.93. The molecule has 1 aromatic rings. The number of hydrogen-bond acceptors (Lipinski definition) is 4. The summed E-state index contributed by atoms with van der Waals surface area (Å²) < 4.78 is 1.39.